The van der Waals surface area contributed by atoms with Crippen molar-refractivity contribution in [3.63, 3.8) is 0 Å². The van der Waals surface area contributed by atoms with Gasteiger partial charge in [0.1, 0.15) is 12.1 Å². The predicted molar refractivity (Wildman–Crippen MR) is 146 cm³/mol. The molecule has 39 heavy (non-hydrogen) atoms. The van der Waals surface area contributed by atoms with Gasteiger partial charge in [-0.3, -0.25) is 29.5 Å². The summed E-state index contributed by atoms with van der Waals surface area (Å²) in [5.74, 6) is -1.38. The first-order valence-electron chi connectivity index (χ1n) is 12.7. The first-order valence-corrected chi connectivity index (χ1v) is 12.7. The van der Waals surface area contributed by atoms with Crippen molar-refractivity contribution < 1.29 is 19.3 Å². The van der Waals surface area contributed by atoms with E-state index >= 15 is 0 Å². The van der Waals surface area contributed by atoms with Gasteiger partial charge in [-0.2, -0.15) is 0 Å². The summed E-state index contributed by atoms with van der Waals surface area (Å²) in [6.45, 7) is 0.644. The molecule has 1 fully saturated rings. The summed E-state index contributed by atoms with van der Waals surface area (Å²) in [5, 5.41) is 16.3. The van der Waals surface area contributed by atoms with Crippen molar-refractivity contribution in [1.29, 1.82) is 0 Å². The first kappa shape index (κ1) is 29.0. The third-order valence-corrected chi connectivity index (χ3v) is 6.38. The maximum atomic E-state index is 13.3. The highest BCUT2D eigenvalue weighted by atomic mass is 16.6. The van der Waals surface area contributed by atoms with Crippen molar-refractivity contribution in [1.82, 2.24) is 10.2 Å². The van der Waals surface area contributed by atoms with Crippen molar-refractivity contribution >= 4 is 35.1 Å². The number of nitrogens with one attached hydrogen (secondary N) is 2. The van der Waals surface area contributed by atoms with E-state index < -0.39 is 34.9 Å². The lowest BCUT2D eigenvalue weighted by Gasteiger charge is -2.28. The molecule has 13 heteroatoms. The van der Waals surface area contributed by atoms with Crippen LogP contribution in [0.3, 0.4) is 0 Å². The van der Waals surface area contributed by atoms with E-state index in [2.05, 4.69) is 15.6 Å². The second-order valence-electron chi connectivity index (χ2n) is 9.29. The lowest BCUT2D eigenvalue weighted by atomic mass is 10.0. The molecule has 13 nitrogen and oxygen atoms in total. The molecule has 1 heterocycles. The quantitative estimate of drug-likeness (QED) is 0.0848. The highest BCUT2D eigenvalue weighted by Gasteiger charge is 2.37. The van der Waals surface area contributed by atoms with Gasteiger partial charge in [0, 0.05) is 30.9 Å². The monoisotopic (exact) mass is 538 g/mol. The largest absolute Gasteiger partial charge is 0.370 e. The number of nitro benzene ring substituents is 1. The number of carbonyl (C=O) groups excluding carboxylic acids is 3. The molecular formula is C26H34N8O5. The number of anilines is 1. The molecule has 1 aliphatic rings. The van der Waals surface area contributed by atoms with Gasteiger partial charge in [-0.15, -0.1) is 0 Å². The van der Waals surface area contributed by atoms with Gasteiger partial charge in [-0.1, -0.05) is 30.3 Å². The predicted octanol–water partition coefficient (Wildman–Crippen LogP) is 0.633. The molecule has 3 rings (SSSR count). The Morgan fingerprint density at radius 3 is 2.44 bits per heavy atom. The fourth-order valence-corrected chi connectivity index (χ4v) is 4.41. The number of guanidine groups is 1. The van der Waals surface area contributed by atoms with Gasteiger partial charge in [-0.05, 0) is 49.8 Å². The maximum absolute atomic E-state index is 13.3. The highest BCUT2D eigenvalue weighted by molar-refractivity contribution is 5.98. The van der Waals surface area contributed by atoms with Crippen LogP contribution in [-0.4, -0.2) is 64.7 Å². The van der Waals surface area contributed by atoms with Crippen molar-refractivity contribution in [2.75, 3.05) is 18.4 Å². The Balaban J connectivity index is 1.67. The van der Waals surface area contributed by atoms with Crippen LogP contribution in [0.1, 0.15) is 31.2 Å². The third kappa shape index (κ3) is 8.50. The van der Waals surface area contributed by atoms with Crippen LogP contribution in [0.15, 0.2) is 59.6 Å². The number of nitro groups is 1. The molecule has 2 aromatic carbocycles. The van der Waals surface area contributed by atoms with Gasteiger partial charge in [0.15, 0.2) is 5.96 Å². The van der Waals surface area contributed by atoms with E-state index in [0.717, 1.165) is 5.56 Å². The molecule has 0 aromatic heterocycles. The lowest BCUT2D eigenvalue weighted by molar-refractivity contribution is -0.384. The molecule has 0 spiro atoms. The van der Waals surface area contributed by atoms with E-state index in [9.17, 15) is 24.5 Å². The number of carbonyl (C=O) groups is 3. The Morgan fingerprint density at radius 1 is 1.10 bits per heavy atom. The SMILES string of the molecule is NC(N)=NCCC[C@H](NC(=O)[C@@H]1CCCN1C(=O)[C@@H](N)Cc1ccccc1)C(=O)Nc1ccc([N+](=O)[O-])cc1. The van der Waals surface area contributed by atoms with Gasteiger partial charge in [-0.25, -0.2) is 0 Å². The highest BCUT2D eigenvalue weighted by Crippen LogP contribution is 2.20. The standard InChI is InChI=1S/C26H34N8O5/c27-20(16-17-6-2-1-3-7-17)25(37)33-15-5-9-22(33)24(36)32-21(8-4-14-30-26(28)29)23(35)31-18-10-12-19(13-11-18)34(38)39/h1-3,6-7,10-13,20-22H,4-5,8-9,14-16,27H2,(H,31,35)(H,32,36)(H4,28,29,30)/t20-,21-,22-/m0/s1. The van der Waals surface area contributed by atoms with Crippen molar-refractivity contribution in [3.05, 3.63) is 70.3 Å². The topological polar surface area (TPSA) is 212 Å². The summed E-state index contributed by atoms with van der Waals surface area (Å²) >= 11 is 0. The number of rotatable bonds is 12. The summed E-state index contributed by atoms with van der Waals surface area (Å²) in [7, 11) is 0. The second-order valence-corrected chi connectivity index (χ2v) is 9.29. The van der Waals surface area contributed by atoms with Crippen molar-refractivity contribution in [3.8, 4) is 0 Å². The molecule has 3 atom stereocenters. The lowest BCUT2D eigenvalue weighted by Crippen LogP contribution is -2.54. The number of aliphatic imine (C=N–C) groups is 1. The zero-order chi connectivity index (χ0) is 28.4. The Kier molecular flexibility index (Phi) is 10.3. The van der Waals surface area contributed by atoms with Gasteiger partial charge < -0.3 is 32.7 Å². The Bertz CT molecular complexity index is 1180. The minimum Gasteiger partial charge on any atom is -0.370 e. The molecule has 0 aliphatic carbocycles. The van der Waals surface area contributed by atoms with Gasteiger partial charge in [0.25, 0.3) is 5.69 Å². The number of nitrogens with zero attached hydrogens (tertiary/aromatic N) is 3. The van der Waals surface area contributed by atoms with Crippen LogP contribution in [0, 0.1) is 10.1 Å². The zero-order valence-electron chi connectivity index (χ0n) is 21.5. The molecule has 8 N–H and O–H groups in total. The Labute approximate surface area is 226 Å². The minimum atomic E-state index is -0.961. The molecule has 1 aliphatic heterocycles. The van der Waals surface area contributed by atoms with E-state index in [1.54, 1.807) is 0 Å². The number of hydrogen-bond acceptors (Lipinski definition) is 7. The molecule has 2 aromatic rings. The van der Waals surface area contributed by atoms with E-state index in [1.165, 1.54) is 29.2 Å². The number of non-ortho nitro benzene ring substituents is 1. The fourth-order valence-electron chi connectivity index (χ4n) is 4.41. The summed E-state index contributed by atoms with van der Waals surface area (Å²) < 4.78 is 0. The third-order valence-electron chi connectivity index (χ3n) is 6.38. The van der Waals surface area contributed by atoms with Crippen molar-refractivity contribution in [2.45, 2.75) is 50.2 Å². The van der Waals surface area contributed by atoms with E-state index in [4.69, 9.17) is 17.2 Å². The van der Waals surface area contributed by atoms with Crippen LogP contribution in [0.2, 0.25) is 0 Å². The van der Waals surface area contributed by atoms with Gasteiger partial charge in [0.05, 0.1) is 11.0 Å². The molecule has 0 saturated carbocycles. The molecule has 0 radical (unpaired) electrons. The summed E-state index contributed by atoms with van der Waals surface area (Å²) in [5.41, 5.74) is 18.1. The van der Waals surface area contributed by atoms with E-state index in [-0.39, 0.29) is 30.5 Å². The van der Waals surface area contributed by atoms with Crippen LogP contribution in [0.5, 0.6) is 0 Å². The van der Waals surface area contributed by atoms with Gasteiger partial charge >= 0.3 is 0 Å². The number of amides is 3. The summed E-state index contributed by atoms with van der Waals surface area (Å²) in [6, 6.07) is 12.2. The second kappa shape index (κ2) is 13.9. The van der Waals surface area contributed by atoms with Crippen LogP contribution in [0.25, 0.3) is 0 Å². The Hall–Kier alpha value is -4.52. The normalized spacial score (nSPS) is 16.1. The molecule has 208 valence electrons. The molecule has 0 unspecified atom stereocenters. The number of benzene rings is 2. The summed E-state index contributed by atoms with van der Waals surface area (Å²) in [4.78, 5) is 55.3. The zero-order valence-corrected chi connectivity index (χ0v) is 21.5. The molecule has 1 saturated heterocycles. The summed E-state index contributed by atoms with van der Waals surface area (Å²) in [6.07, 6.45) is 2.03. The maximum Gasteiger partial charge on any atom is 0.269 e. The van der Waals surface area contributed by atoms with Crippen molar-refractivity contribution in [2.24, 2.45) is 22.2 Å². The first-order chi connectivity index (χ1) is 18.7. The average molecular weight is 539 g/mol. The van der Waals surface area contributed by atoms with E-state index in [1.807, 2.05) is 30.3 Å². The smallest absolute Gasteiger partial charge is 0.269 e. The average Bonchev–Trinajstić information content (AvgIpc) is 3.40. The van der Waals surface area contributed by atoms with Crippen LogP contribution < -0.4 is 27.8 Å². The fraction of sp³-hybridized carbons (Fsp3) is 0.385. The van der Waals surface area contributed by atoms with Crippen LogP contribution in [0.4, 0.5) is 11.4 Å². The number of hydrogen-bond donors (Lipinski definition) is 5. The molecule has 0 bridgehead atoms. The van der Waals surface area contributed by atoms with E-state index in [0.29, 0.717) is 37.9 Å². The van der Waals surface area contributed by atoms with Crippen LogP contribution >= 0.6 is 0 Å². The molecule has 3 amide bonds. The minimum absolute atomic E-state index is 0.0853. The number of likely N-dealkylation sites (tertiary alicyclic amines) is 1. The van der Waals surface area contributed by atoms with Gasteiger partial charge in [0.2, 0.25) is 17.7 Å². The number of nitrogens with two attached hydrogens (primary N) is 3. The Morgan fingerprint density at radius 2 is 1.79 bits per heavy atom. The molecular weight excluding hydrogens is 504 g/mol. The van der Waals surface area contributed by atoms with Crippen LogP contribution in [-0.2, 0) is 20.8 Å².